The Kier molecular flexibility index (Phi) is 4.58. The fourth-order valence-electron chi connectivity index (χ4n) is 3.56. The van der Waals surface area contributed by atoms with Crippen molar-refractivity contribution in [2.75, 3.05) is 52.4 Å². The van der Waals surface area contributed by atoms with Gasteiger partial charge in [0.05, 0.1) is 6.04 Å². The van der Waals surface area contributed by atoms with Crippen LogP contribution in [0.1, 0.15) is 26.2 Å². The van der Waals surface area contributed by atoms with Crippen molar-refractivity contribution in [3.63, 3.8) is 0 Å². The molecular formula is C15H28N4O. The zero-order chi connectivity index (χ0) is 13.9. The summed E-state index contributed by atoms with van der Waals surface area (Å²) in [6, 6.07) is 0.806. The third-order valence-corrected chi connectivity index (χ3v) is 5.20. The average molecular weight is 280 g/mol. The zero-order valence-electron chi connectivity index (χ0n) is 12.7. The number of nitrogens with zero attached hydrogens (tertiary/aromatic N) is 3. The number of amides is 1. The fourth-order valence-corrected chi connectivity index (χ4v) is 3.56. The minimum Gasteiger partial charge on any atom is -0.341 e. The van der Waals surface area contributed by atoms with Gasteiger partial charge in [-0.1, -0.05) is 0 Å². The highest BCUT2D eigenvalue weighted by atomic mass is 16.2. The molecule has 0 saturated carbocycles. The van der Waals surface area contributed by atoms with Crippen molar-refractivity contribution >= 4 is 5.91 Å². The lowest BCUT2D eigenvalue weighted by Gasteiger charge is -2.45. The quantitative estimate of drug-likeness (QED) is 0.788. The number of nitrogens with one attached hydrogen (secondary N) is 1. The highest BCUT2D eigenvalue weighted by Gasteiger charge is 2.32. The number of hydrogen-bond acceptors (Lipinski definition) is 4. The van der Waals surface area contributed by atoms with E-state index in [0.29, 0.717) is 5.91 Å². The second-order valence-electron chi connectivity index (χ2n) is 6.45. The third-order valence-electron chi connectivity index (χ3n) is 5.20. The lowest BCUT2D eigenvalue weighted by molar-refractivity contribution is -0.138. The first-order valence-corrected chi connectivity index (χ1v) is 8.23. The van der Waals surface area contributed by atoms with Gasteiger partial charge in [-0.05, 0) is 26.2 Å². The van der Waals surface area contributed by atoms with Crippen LogP contribution in [-0.2, 0) is 4.79 Å². The van der Waals surface area contributed by atoms with Crippen LogP contribution in [0.15, 0.2) is 0 Å². The van der Waals surface area contributed by atoms with Gasteiger partial charge in [0.15, 0.2) is 0 Å². The van der Waals surface area contributed by atoms with E-state index in [9.17, 15) is 4.79 Å². The van der Waals surface area contributed by atoms with E-state index in [0.717, 1.165) is 58.4 Å². The summed E-state index contributed by atoms with van der Waals surface area (Å²) in [4.78, 5) is 19.6. The van der Waals surface area contributed by atoms with Crippen LogP contribution in [0.2, 0.25) is 0 Å². The predicted molar refractivity (Wildman–Crippen MR) is 79.7 cm³/mol. The molecule has 3 rings (SSSR count). The van der Waals surface area contributed by atoms with Crippen LogP contribution >= 0.6 is 0 Å². The molecule has 1 atom stereocenters. The molecule has 5 heteroatoms. The Morgan fingerprint density at radius 1 is 1.00 bits per heavy atom. The van der Waals surface area contributed by atoms with Gasteiger partial charge in [0.25, 0.3) is 0 Å². The molecule has 114 valence electrons. The molecule has 0 spiro atoms. The molecule has 3 heterocycles. The van der Waals surface area contributed by atoms with Crippen molar-refractivity contribution in [2.24, 2.45) is 0 Å². The monoisotopic (exact) mass is 280 g/mol. The summed E-state index contributed by atoms with van der Waals surface area (Å²) in [7, 11) is 0. The minimum atomic E-state index is 0.0646. The van der Waals surface area contributed by atoms with Crippen molar-refractivity contribution in [3.8, 4) is 0 Å². The van der Waals surface area contributed by atoms with Crippen LogP contribution in [0.5, 0.6) is 0 Å². The number of carbonyl (C=O) groups is 1. The maximum absolute atomic E-state index is 12.5. The molecule has 3 aliphatic rings. The SMILES string of the molecule is CC(C(=O)N1CCCCC1)N1CCN(C2CNC2)CC1. The molecule has 3 saturated heterocycles. The number of hydrogen-bond donors (Lipinski definition) is 1. The first-order valence-electron chi connectivity index (χ1n) is 8.23. The maximum atomic E-state index is 12.5. The Morgan fingerprint density at radius 3 is 2.20 bits per heavy atom. The molecule has 3 aliphatic heterocycles. The number of piperidine rings is 1. The second kappa shape index (κ2) is 6.41. The number of likely N-dealkylation sites (tertiary alicyclic amines) is 1. The van der Waals surface area contributed by atoms with Gasteiger partial charge >= 0.3 is 0 Å². The third kappa shape index (κ3) is 3.00. The molecule has 1 unspecified atom stereocenters. The van der Waals surface area contributed by atoms with E-state index in [-0.39, 0.29) is 6.04 Å². The number of rotatable bonds is 3. The smallest absolute Gasteiger partial charge is 0.239 e. The van der Waals surface area contributed by atoms with Crippen LogP contribution in [0, 0.1) is 0 Å². The van der Waals surface area contributed by atoms with Gasteiger partial charge in [0, 0.05) is 58.4 Å². The normalized spacial score (nSPS) is 28.1. The Labute approximate surface area is 122 Å². The summed E-state index contributed by atoms with van der Waals surface area (Å²) in [5.74, 6) is 0.350. The van der Waals surface area contributed by atoms with Gasteiger partial charge in [0.1, 0.15) is 0 Å². The van der Waals surface area contributed by atoms with Crippen molar-refractivity contribution in [2.45, 2.75) is 38.3 Å². The molecule has 20 heavy (non-hydrogen) atoms. The largest absolute Gasteiger partial charge is 0.341 e. The Bertz CT molecular complexity index is 331. The second-order valence-corrected chi connectivity index (χ2v) is 6.45. The fraction of sp³-hybridized carbons (Fsp3) is 0.933. The highest BCUT2D eigenvalue weighted by Crippen LogP contribution is 2.15. The lowest BCUT2D eigenvalue weighted by atomic mass is 10.1. The number of piperazine rings is 1. The van der Waals surface area contributed by atoms with E-state index in [1.54, 1.807) is 0 Å². The van der Waals surface area contributed by atoms with Gasteiger partial charge in [-0.15, -0.1) is 0 Å². The molecule has 3 fully saturated rings. The Morgan fingerprint density at radius 2 is 1.65 bits per heavy atom. The summed E-state index contributed by atoms with van der Waals surface area (Å²) in [6.45, 7) is 10.6. The molecule has 0 aromatic heterocycles. The summed E-state index contributed by atoms with van der Waals surface area (Å²) in [6.07, 6.45) is 3.65. The topological polar surface area (TPSA) is 38.8 Å². The molecule has 0 aliphatic carbocycles. The van der Waals surface area contributed by atoms with Gasteiger partial charge in [0.2, 0.25) is 5.91 Å². The first-order chi connectivity index (χ1) is 9.75. The number of carbonyl (C=O) groups excluding carboxylic acids is 1. The highest BCUT2D eigenvalue weighted by molar-refractivity contribution is 5.81. The maximum Gasteiger partial charge on any atom is 0.239 e. The molecule has 1 amide bonds. The Hall–Kier alpha value is -0.650. The van der Waals surface area contributed by atoms with Crippen LogP contribution in [0.4, 0.5) is 0 Å². The van der Waals surface area contributed by atoms with Crippen LogP contribution in [0.25, 0.3) is 0 Å². The molecule has 0 aromatic rings. The van der Waals surface area contributed by atoms with E-state index < -0.39 is 0 Å². The van der Waals surface area contributed by atoms with E-state index in [1.807, 2.05) is 0 Å². The van der Waals surface area contributed by atoms with Gasteiger partial charge in [-0.25, -0.2) is 0 Å². The summed E-state index contributed by atoms with van der Waals surface area (Å²) in [5.41, 5.74) is 0. The summed E-state index contributed by atoms with van der Waals surface area (Å²) in [5, 5.41) is 3.34. The van der Waals surface area contributed by atoms with Crippen LogP contribution in [0.3, 0.4) is 0 Å². The predicted octanol–water partition coefficient (Wildman–Crippen LogP) is -0.0232. The van der Waals surface area contributed by atoms with E-state index in [2.05, 4.69) is 26.9 Å². The standard InChI is InChI=1S/C15H28N4O/c1-13(15(20)19-5-3-2-4-6-19)17-7-9-18(10-8-17)14-11-16-12-14/h13-14,16H,2-12H2,1H3. The molecule has 0 bridgehead atoms. The van der Waals surface area contributed by atoms with Crippen molar-refractivity contribution < 1.29 is 4.79 Å². The molecule has 5 nitrogen and oxygen atoms in total. The Balaban J connectivity index is 1.47. The molecule has 1 N–H and O–H groups in total. The lowest BCUT2D eigenvalue weighted by Crippen LogP contribution is -2.63. The van der Waals surface area contributed by atoms with E-state index >= 15 is 0 Å². The van der Waals surface area contributed by atoms with Gasteiger partial charge < -0.3 is 10.2 Å². The van der Waals surface area contributed by atoms with Crippen LogP contribution < -0.4 is 5.32 Å². The first kappa shape index (κ1) is 14.3. The van der Waals surface area contributed by atoms with Gasteiger partial charge in [-0.3, -0.25) is 14.6 Å². The summed E-state index contributed by atoms with van der Waals surface area (Å²) < 4.78 is 0. The zero-order valence-corrected chi connectivity index (χ0v) is 12.7. The van der Waals surface area contributed by atoms with Crippen molar-refractivity contribution in [1.82, 2.24) is 20.0 Å². The van der Waals surface area contributed by atoms with Gasteiger partial charge in [-0.2, -0.15) is 0 Å². The van der Waals surface area contributed by atoms with Crippen molar-refractivity contribution in [1.29, 1.82) is 0 Å². The molecule has 0 aromatic carbocycles. The van der Waals surface area contributed by atoms with Crippen LogP contribution in [-0.4, -0.2) is 85.0 Å². The average Bonchev–Trinajstić information content (AvgIpc) is 2.46. The van der Waals surface area contributed by atoms with E-state index in [1.165, 1.54) is 19.3 Å². The molecular weight excluding hydrogens is 252 g/mol. The van der Waals surface area contributed by atoms with Crippen molar-refractivity contribution in [3.05, 3.63) is 0 Å². The summed E-state index contributed by atoms with van der Waals surface area (Å²) >= 11 is 0. The minimum absolute atomic E-state index is 0.0646. The van der Waals surface area contributed by atoms with E-state index in [4.69, 9.17) is 0 Å². The molecule has 0 radical (unpaired) electrons.